The molecule has 98 valence electrons. The summed E-state index contributed by atoms with van der Waals surface area (Å²) in [5.41, 5.74) is 2.22. The van der Waals surface area contributed by atoms with Crippen LogP contribution in [0.4, 0.5) is 5.69 Å². The first-order valence-electron chi connectivity index (χ1n) is 6.68. The molecule has 1 saturated carbocycles. The highest BCUT2D eigenvalue weighted by atomic mass is 16.4. The van der Waals surface area contributed by atoms with Gasteiger partial charge < -0.3 is 10.4 Å². The second-order valence-electron chi connectivity index (χ2n) is 5.31. The lowest BCUT2D eigenvalue weighted by Crippen LogP contribution is -2.23. The molecule has 0 radical (unpaired) electrons. The number of anilines is 1. The molecule has 1 aliphatic rings. The van der Waals surface area contributed by atoms with Gasteiger partial charge in [-0.15, -0.1) is 0 Å². The number of aromatic carboxylic acids is 1. The molecule has 2 N–H and O–H groups in total. The van der Waals surface area contributed by atoms with E-state index in [2.05, 4.69) is 12.2 Å². The summed E-state index contributed by atoms with van der Waals surface area (Å²) in [7, 11) is 0. The molecular weight excluding hydrogens is 226 g/mol. The van der Waals surface area contributed by atoms with Crippen LogP contribution >= 0.6 is 0 Å². The third-order valence-electron chi connectivity index (χ3n) is 3.96. The maximum absolute atomic E-state index is 10.9. The summed E-state index contributed by atoms with van der Waals surface area (Å²) in [6.45, 7) is 4.06. The Kier molecular flexibility index (Phi) is 3.90. The summed E-state index contributed by atoms with van der Waals surface area (Å²) in [6, 6.07) is 5.93. The fourth-order valence-electron chi connectivity index (χ4n) is 2.83. The van der Waals surface area contributed by atoms with Crippen molar-refractivity contribution in [3.05, 3.63) is 29.3 Å². The van der Waals surface area contributed by atoms with Crippen LogP contribution in [-0.4, -0.2) is 17.1 Å². The van der Waals surface area contributed by atoms with Crippen LogP contribution in [0.5, 0.6) is 0 Å². The molecule has 0 amide bonds. The number of rotatable bonds is 4. The minimum Gasteiger partial charge on any atom is -0.478 e. The van der Waals surface area contributed by atoms with Crippen LogP contribution < -0.4 is 5.32 Å². The van der Waals surface area contributed by atoms with Gasteiger partial charge in [-0.05, 0) is 56.4 Å². The summed E-state index contributed by atoms with van der Waals surface area (Å²) < 4.78 is 0. The molecule has 1 fully saturated rings. The predicted octanol–water partition coefficient (Wildman–Crippen LogP) is 3.68. The highest BCUT2D eigenvalue weighted by Crippen LogP contribution is 2.29. The van der Waals surface area contributed by atoms with Crippen molar-refractivity contribution in [2.24, 2.45) is 5.92 Å². The van der Waals surface area contributed by atoms with E-state index in [-0.39, 0.29) is 0 Å². The molecule has 0 saturated heterocycles. The Morgan fingerprint density at radius 3 is 2.61 bits per heavy atom. The Morgan fingerprint density at radius 1 is 1.39 bits per heavy atom. The normalized spacial score (nSPS) is 17.7. The molecule has 0 spiro atoms. The van der Waals surface area contributed by atoms with Crippen LogP contribution in [-0.2, 0) is 0 Å². The van der Waals surface area contributed by atoms with Crippen molar-refractivity contribution in [3.8, 4) is 0 Å². The maximum atomic E-state index is 10.9. The van der Waals surface area contributed by atoms with Gasteiger partial charge in [-0.3, -0.25) is 0 Å². The fraction of sp³-hybridized carbons (Fsp3) is 0.533. The second-order valence-corrected chi connectivity index (χ2v) is 5.31. The number of carbonyl (C=O) groups is 1. The van der Waals surface area contributed by atoms with E-state index in [4.69, 9.17) is 5.11 Å². The third kappa shape index (κ3) is 2.84. The Labute approximate surface area is 108 Å². The molecule has 1 atom stereocenters. The van der Waals surface area contributed by atoms with E-state index in [0.717, 1.165) is 17.2 Å². The first-order valence-corrected chi connectivity index (χ1v) is 6.68. The maximum Gasteiger partial charge on any atom is 0.335 e. The average molecular weight is 247 g/mol. The molecular formula is C15H21NO2. The monoisotopic (exact) mass is 247 g/mol. The highest BCUT2D eigenvalue weighted by Gasteiger charge is 2.21. The Hall–Kier alpha value is -1.51. The van der Waals surface area contributed by atoms with E-state index in [0.29, 0.717) is 11.6 Å². The lowest BCUT2D eigenvalue weighted by molar-refractivity contribution is 0.0696. The first kappa shape index (κ1) is 12.9. The van der Waals surface area contributed by atoms with Crippen molar-refractivity contribution in [3.63, 3.8) is 0 Å². The summed E-state index contributed by atoms with van der Waals surface area (Å²) in [5.74, 6) is -0.104. The van der Waals surface area contributed by atoms with Gasteiger partial charge in [0.15, 0.2) is 0 Å². The van der Waals surface area contributed by atoms with Crippen LogP contribution in [0.2, 0.25) is 0 Å². The Morgan fingerprint density at radius 2 is 2.06 bits per heavy atom. The molecule has 0 heterocycles. The average Bonchev–Trinajstić information content (AvgIpc) is 2.81. The number of hydrogen-bond acceptors (Lipinski definition) is 2. The number of benzene rings is 1. The van der Waals surface area contributed by atoms with Crippen LogP contribution in [0.1, 0.15) is 48.5 Å². The molecule has 2 rings (SSSR count). The largest absolute Gasteiger partial charge is 0.478 e. The van der Waals surface area contributed by atoms with Crippen LogP contribution in [0.25, 0.3) is 0 Å². The Bertz CT molecular complexity index is 436. The second kappa shape index (κ2) is 5.42. The number of nitrogens with one attached hydrogen (secondary N) is 1. The zero-order chi connectivity index (χ0) is 13.1. The highest BCUT2D eigenvalue weighted by molar-refractivity contribution is 5.89. The van der Waals surface area contributed by atoms with Gasteiger partial charge in [0.1, 0.15) is 0 Å². The van der Waals surface area contributed by atoms with Crippen molar-refractivity contribution in [2.75, 3.05) is 5.32 Å². The van der Waals surface area contributed by atoms with Crippen molar-refractivity contribution in [1.29, 1.82) is 0 Å². The number of carboxylic acids is 1. The molecule has 3 nitrogen and oxygen atoms in total. The topological polar surface area (TPSA) is 49.3 Å². The van der Waals surface area contributed by atoms with Gasteiger partial charge in [-0.1, -0.05) is 12.8 Å². The van der Waals surface area contributed by atoms with Crippen LogP contribution in [0, 0.1) is 12.8 Å². The molecule has 1 aromatic carbocycles. The summed E-state index contributed by atoms with van der Waals surface area (Å²) in [4.78, 5) is 10.9. The summed E-state index contributed by atoms with van der Waals surface area (Å²) >= 11 is 0. The van der Waals surface area contributed by atoms with Crippen molar-refractivity contribution < 1.29 is 9.90 Å². The molecule has 18 heavy (non-hydrogen) atoms. The molecule has 0 aromatic heterocycles. The Balaban J connectivity index is 2.05. The van der Waals surface area contributed by atoms with Crippen LogP contribution in [0.15, 0.2) is 18.2 Å². The minimum absolute atomic E-state index is 0.383. The van der Waals surface area contributed by atoms with Gasteiger partial charge in [-0.2, -0.15) is 0 Å². The molecule has 1 aliphatic carbocycles. The van der Waals surface area contributed by atoms with Gasteiger partial charge in [0.25, 0.3) is 0 Å². The van der Waals surface area contributed by atoms with E-state index in [1.54, 1.807) is 6.07 Å². The predicted molar refractivity (Wildman–Crippen MR) is 73.2 cm³/mol. The van der Waals surface area contributed by atoms with E-state index in [1.165, 1.54) is 25.7 Å². The quantitative estimate of drug-likeness (QED) is 0.853. The van der Waals surface area contributed by atoms with Crippen molar-refractivity contribution in [2.45, 2.75) is 45.6 Å². The summed E-state index contributed by atoms with van der Waals surface area (Å²) in [5, 5.41) is 12.5. The van der Waals surface area contributed by atoms with E-state index in [1.807, 2.05) is 19.1 Å². The first-order chi connectivity index (χ1) is 8.58. The number of hydrogen-bond donors (Lipinski definition) is 2. The van der Waals surface area contributed by atoms with E-state index >= 15 is 0 Å². The lowest BCUT2D eigenvalue weighted by atomic mass is 9.99. The fourth-order valence-corrected chi connectivity index (χ4v) is 2.83. The van der Waals surface area contributed by atoms with Gasteiger partial charge in [0, 0.05) is 11.7 Å². The zero-order valence-corrected chi connectivity index (χ0v) is 11.1. The lowest BCUT2D eigenvalue weighted by Gasteiger charge is -2.22. The van der Waals surface area contributed by atoms with Crippen molar-refractivity contribution >= 4 is 11.7 Å². The number of aryl methyl sites for hydroxylation is 1. The van der Waals surface area contributed by atoms with Gasteiger partial charge in [-0.25, -0.2) is 4.79 Å². The van der Waals surface area contributed by atoms with E-state index in [9.17, 15) is 4.79 Å². The number of carboxylic acid groups (broad SMARTS) is 1. The van der Waals surface area contributed by atoms with Gasteiger partial charge >= 0.3 is 5.97 Å². The minimum atomic E-state index is -0.858. The smallest absolute Gasteiger partial charge is 0.335 e. The van der Waals surface area contributed by atoms with E-state index < -0.39 is 5.97 Å². The molecule has 1 unspecified atom stereocenters. The van der Waals surface area contributed by atoms with Crippen LogP contribution in [0.3, 0.4) is 0 Å². The molecule has 3 heteroatoms. The van der Waals surface area contributed by atoms with Gasteiger partial charge in [0.05, 0.1) is 5.56 Å². The third-order valence-corrected chi connectivity index (χ3v) is 3.96. The SMILES string of the molecule is Cc1cc(NC(C)C2CCCC2)ccc1C(=O)O. The summed E-state index contributed by atoms with van der Waals surface area (Å²) in [6.07, 6.45) is 5.29. The molecule has 1 aromatic rings. The molecule has 0 aliphatic heterocycles. The standard InChI is InChI=1S/C15H21NO2/c1-10-9-13(7-8-14(10)15(17)18)16-11(2)12-5-3-4-6-12/h7-9,11-12,16H,3-6H2,1-2H3,(H,17,18). The molecule has 0 bridgehead atoms. The van der Waals surface area contributed by atoms with Gasteiger partial charge in [0.2, 0.25) is 0 Å². The zero-order valence-electron chi connectivity index (χ0n) is 11.1. The van der Waals surface area contributed by atoms with Crippen molar-refractivity contribution in [1.82, 2.24) is 0 Å².